The number of hydrogen-bond acceptors (Lipinski definition) is 18. The summed E-state index contributed by atoms with van der Waals surface area (Å²) >= 11 is 0. The third-order valence-electron chi connectivity index (χ3n) is 22.8. The minimum Gasteiger partial charge on any atom is -0.463 e. The van der Waals surface area contributed by atoms with Crippen LogP contribution in [0.25, 0.3) is 46.9 Å². The molecule has 3 aromatic heterocycles. The van der Waals surface area contributed by atoms with E-state index in [4.69, 9.17) is 78.0 Å². The standard InChI is InChI=1S/C31H39N5O2.C30H37N5O2.C29H35N5O2/c1-5-35(6-2)16-17-37-31-33-27-18-28(25-14-8-13-24-12-7-10-22(3)29(24)25)38-21-26(27)30(34-31)36-15-9-11-23(20-36)19-32-4;1-21-9-5-11-23-12-6-13-24(28(21)23)27-17-26-25(20-37-27)29(35-15-7-10-22(19-35)18-31-2)33-30(32-26)36-16-8-14-34(3)4;1-20-8-5-10-22-11-6-12-23(27(20)22)26-16-25-24(19-36-26)28(32-29(31-25)35-15-14-33(3)4)34-13-7-9-21(18-34)17-30-2/h7-8,10,12-14,23,28H,5-6,9,11,15-21H2,1-3H3;5-6,9,11-13,22,27H,7-8,10,14-20H2,1,3-4H3;5-6,8,10-12,21,26H,7,9,13-19H2,1,3-4H3/t23-,28?;22-,27?;21-,26?/m000/s1. The first-order valence-corrected chi connectivity index (χ1v) is 40.3. The predicted molar refractivity (Wildman–Crippen MR) is 441 cm³/mol. The number of hydrogen-bond donors (Lipinski definition) is 0. The molecule has 15 rings (SSSR count). The zero-order valence-electron chi connectivity index (χ0n) is 66.7. The van der Waals surface area contributed by atoms with E-state index in [1.165, 1.54) is 65.7 Å². The van der Waals surface area contributed by atoms with Gasteiger partial charge in [0.05, 0.1) is 61.8 Å². The lowest BCUT2D eigenvalue weighted by atomic mass is 9.92. The van der Waals surface area contributed by atoms with Crippen LogP contribution in [0.4, 0.5) is 17.5 Å². The summed E-state index contributed by atoms with van der Waals surface area (Å²) in [6.07, 6.45) is 9.23. The average molecular weight is 1500 g/mol. The Bertz CT molecular complexity index is 4780. The molecule has 21 nitrogen and oxygen atoms in total. The summed E-state index contributed by atoms with van der Waals surface area (Å²) in [6.45, 7) is 47.6. The van der Waals surface area contributed by atoms with Crippen molar-refractivity contribution in [2.24, 2.45) is 17.8 Å². The van der Waals surface area contributed by atoms with Crippen molar-refractivity contribution in [2.45, 2.75) is 137 Å². The van der Waals surface area contributed by atoms with Gasteiger partial charge in [0, 0.05) is 113 Å². The Balaban J connectivity index is 0.000000146. The lowest BCUT2D eigenvalue weighted by Gasteiger charge is -2.35. The van der Waals surface area contributed by atoms with Crippen LogP contribution in [0, 0.1) is 58.2 Å². The van der Waals surface area contributed by atoms with E-state index in [-0.39, 0.29) is 18.3 Å². The van der Waals surface area contributed by atoms with Crippen molar-refractivity contribution >= 4 is 49.8 Å². The third-order valence-corrected chi connectivity index (χ3v) is 22.8. The van der Waals surface area contributed by atoms with E-state index < -0.39 is 0 Å². The Labute approximate surface area is 657 Å². The van der Waals surface area contributed by atoms with Crippen LogP contribution in [0.5, 0.6) is 18.0 Å². The lowest BCUT2D eigenvalue weighted by molar-refractivity contribution is 0.0264. The minimum absolute atomic E-state index is 0.0714. The second-order valence-corrected chi connectivity index (χ2v) is 31.3. The monoisotopic (exact) mass is 1500 g/mol. The summed E-state index contributed by atoms with van der Waals surface area (Å²) in [7, 11) is 8.20. The normalized spacial score (nSPS) is 19.6. The number of ether oxygens (including phenoxy) is 6. The second kappa shape index (κ2) is 38.1. The van der Waals surface area contributed by atoms with E-state index in [1.54, 1.807) is 0 Å². The Kier molecular flexibility index (Phi) is 27.2. The summed E-state index contributed by atoms with van der Waals surface area (Å²) in [6, 6.07) is 40.1. The molecule has 0 spiro atoms. The molecule has 3 fully saturated rings. The van der Waals surface area contributed by atoms with Crippen LogP contribution >= 0.6 is 0 Å². The number of rotatable bonds is 24. The fourth-order valence-corrected chi connectivity index (χ4v) is 17.0. The first-order valence-electron chi connectivity index (χ1n) is 40.3. The summed E-state index contributed by atoms with van der Waals surface area (Å²) < 4.78 is 37.9. The van der Waals surface area contributed by atoms with Gasteiger partial charge in [-0.25, -0.2) is 19.7 Å². The predicted octanol–water partition coefficient (Wildman–Crippen LogP) is 15.7. The van der Waals surface area contributed by atoms with Crippen LogP contribution in [0.3, 0.4) is 0 Å². The maximum Gasteiger partial charge on any atom is 0.318 e. The number of anilines is 3. The molecule has 111 heavy (non-hydrogen) atoms. The summed E-state index contributed by atoms with van der Waals surface area (Å²) in [5.74, 6) is 3.88. The highest BCUT2D eigenvalue weighted by molar-refractivity contribution is 5.91. The summed E-state index contributed by atoms with van der Waals surface area (Å²) in [5, 5.41) is 7.51. The minimum atomic E-state index is -0.0743. The molecule has 6 aliphatic rings. The van der Waals surface area contributed by atoms with Crippen LogP contribution in [0.2, 0.25) is 0 Å². The number of benzene rings is 6. The van der Waals surface area contributed by atoms with Gasteiger partial charge in [0.25, 0.3) is 0 Å². The molecule has 0 N–H and O–H groups in total. The van der Waals surface area contributed by atoms with Gasteiger partial charge >= 0.3 is 18.0 Å². The Morgan fingerprint density at radius 3 is 1.07 bits per heavy atom. The molecular weight excluding hydrogens is 1390 g/mol. The first-order chi connectivity index (χ1) is 54.2. The Morgan fingerprint density at radius 1 is 0.423 bits per heavy atom. The van der Waals surface area contributed by atoms with Crippen LogP contribution in [0.15, 0.2) is 109 Å². The topological polar surface area (TPSA) is 165 Å². The number of aryl methyl sites for hydroxylation is 3. The van der Waals surface area contributed by atoms with Gasteiger partial charge in [0.1, 0.15) is 30.7 Å². The quantitative estimate of drug-likeness (QED) is 0.0414. The van der Waals surface area contributed by atoms with Crippen molar-refractivity contribution in [1.29, 1.82) is 0 Å². The lowest BCUT2D eigenvalue weighted by Crippen LogP contribution is -2.38. The van der Waals surface area contributed by atoms with E-state index in [0.717, 1.165) is 168 Å². The largest absolute Gasteiger partial charge is 0.463 e. The van der Waals surface area contributed by atoms with Gasteiger partial charge in [-0.2, -0.15) is 29.9 Å². The van der Waals surface area contributed by atoms with E-state index >= 15 is 0 Å². The summed E-state index contributed by atoms with van der Waals surface area (Å²) in [5.41, 5.74) is 13.6. The Hall–Kier alpha value is -9.63. The zero-order valence-corrected chi connectivity index (χ0v) is 66.7. The fourth-order valence-electron chi connectivity index (χ4n) is 17.0. The van der Waals surface area contributed by atoms with Gasteiger partial charge in [-0.3, -0.25) is 0 Å². The van der Waals surface area contributed by atoms with Gasteiger partial charge in [-0.15, -0.1) is 0 Å². The van der Waals surface area contributed by atoms with Crippen LogP contribution in [0.1, 0.15) is 144 Å². The van der Waals surface area contributed by atoms with Gasteiger partial charge in [0.2, 0.25) is 19.6 Å². The number of piperidine rings is 3. The average Bonchev–Trinajstić information content (AvgIpc) is 0.775. The van der Waals surface area contributed by atoms with E-state index in [1.807, 2.05) is 14.1 Å². The molecule has 0 saturated carbocycles. The number of likely N-dealkylation sites (N-methyl/N-ethyl adjacent to an activating group) is 2. The van der Waals surface area contributed by atoms with Gasteiger partial charge in [-0.1, -0.05) is 123 Å². The number of fused-ring (bicyclic) bond motifs is 6. The van der Waals surface area contributed by atoms with E-state index in [9.17, 15) is 0 Å². The molecule has 6 atom stereocenters. The van der Waals surface area contributed by atoms with Crippen molar-refractivity contribution in [2.75, 3.05) is 154 Å². The van der Waals surface area contributed by atoms with Crippen molar-refractivity contribution in [1.82, 2.24) is 44.6 Å². The van der Waals surface area contributed by atoms with Crippen LogP contribution < -0.4 is 28.9 Å². The molecule has 0 radical (unpaired) electrons. The van der Waals surface area contributed by atoms with Crippen molar-refractivity contribution in [3.63, 3.8) is 0 Å². The molecule has 582 valence electrons. The molecule has 6 aromatic carbocycles. The highest BCUT2D eigenvalue weighted by Gasteiger charge is 2.36. The fraction of sp³-hybridized carbons (Fsp3) is 0.500. The smallest absolute Gasteiger partial charge is 0.318 e. The highest BCUT2D eigenvalue weighted by Crippen LogP contribution is 2.44. The van der Waals surface area contributed by atoms with Crippen molar-refractivity contribution in [3.8, 4) is 18.0 Å². The number of nitrogens with zero attached hydrogens (tertiary/aromatic N) is 15. The van der Waals surface area contributed by atoms with Crippen molar-refractivity contribution < 1.29 is 28.4 Å². The Morgan fingerprint density at radius 2 is 0.748 bits per heavy atom. The molecule has 3 saturated heterocycles. The SMILES string of the molecule is [C-]#[N+]C[C@@H]1CCCN(c2nc(OCCCN(C)C)nc3c2COC(c2cccc4cccc(C)c24)C3)C1.[C-]#[N+]C[C@@H]1CCCN(c2nc(OCCN(C)C)nc3c2COC(c2cccc4cccc(C)c24)C3)C1.[C-]#[N+]C[C@@H]1CCCN(c2nc(OCCN(CC)CC)nc3c2COC(c2cccc4cccc(C)c24)C3)C1. The van der Waals surface area contributed by atoms with Gasteiger partial charge < -0.3 is 72.4 Å². The number of aromatic nitrogens is 6. The molecule has 6 aliphatic heterocycles. The van der Waals surface area contributed by atoms with E-state index in [2.05, 4.69) is 202 Å². The maximum absolute atomic E-state index is 7.35. The van der Waals surface area contributed by atoms with Crippen LogP contribution in [-0.2, 0) is 53.3 Å². The van der Waals surface area contributed by atoms with E-state index in [0.29, 0.717) is 114 Å². The second-order valence-electron chi connectivity index (χ2n) is 31.3. The molecule has 3 unspecified atom stereocenters. The molecule has 0 bridgehead atoms. The molecule has 0 aliphatic carbocycles. The molecule has 9 heterocycles. The third kappa shape index (κ3) is 19.5. The zero-order chi connectivity index (χ0) is 77.3. The highest BCUT2D eigenvalue weighted by atomic mass is 16.5. The first kappa shape index (κ1) is 79.5. The molecular formula is C90H111N15O6. The summed E-state index contributed by atoms with van der Waals surface area (Å²) in [4.78, 5) is 54.1. The molecule has 21 heteroatoms. The maximum atomic E-state index is 7.35. The van der Waals surface area contributed by atoms with Crippen molar-refractivity contribution in [3.05, 3.63) is 211 Å². The molecule has 9 aromatic rings. The van der Waals surface area contributed by atoms with Gasteiger partial charge in [0.15, 0.2) is 0 Å². The van der Waals surface area contributed by atoms with Crippen LogP contribution in [-0.4, -0.2) is 184 Å². The molecule has 0 amide bonds. The van der Waals surface area contributed by atoms with Gasteiger partial charge in [-0.05, 0) is 173 Å².